The van der Waals surface area contributed by atoms with E-state index in [1.807, 2.05) is 0 Å². The molecule has 388 valence electrons. The SMILES string of the molecule is CC(N)C(=O)NC(CCCCNC(=O)COCCOCCNC(=O)COCCOCCNC(=O)CCC(NC(=O)CCCCCCCCCCCCCCCCCCC(=O)O)C(=O)O)C(=O)F. The van der Waals surface area contributed by atoms with Crippen LogP contribution in [-0.4, -0.2) is 148 Å². The second kappa shape index (κ2) is 44.2. The van der Waals surface area contributed by atoms with Gasteiger partial charge in [0, 0.05) is 38.9 Å². The molecule has 0 aliphatic rings. The Hall–Kier alpha value is -4.31. The predicted molar refractivity (Wildman–Crippen MR) is 247 cm³/mol. The van der Waals surface area contributed by atoms with E-state index in [1.54, 1.807) is 0 Å². The molecule has 0 saturated carbocycles. The number of hydrogen-bond acceptors (Lipinski definition) is 13. The van der Waals surface area contributed by atoms with Gasteiger partial charge in [-0.05, 0) is 45.4 Å². The average molecular weight is 963 g/mol. The summed E-state index contributed by atoms with van der Waals surface area (Å²) in [5.74, 6) is -3.94. The highest BCUT2D eigenvalue weighted by molar-refractivity contribution is 5.87. The van der Waals surface area contributed by atoms with Gasteiger partial charge in [0.05, 0.1) is 45.7 Å². The number of carbonyl (C=O) groups excluding carboxylic acids is 6. The van der Waals surface area contributed by atoms with E-state index in [-0.39, 0.29) is 128 Å². The summed E-state index contributed by atoms with van der Waals surface area (Å²) >= 11 is 0. The third-order valence-corrected chi connectivity index (χ3v) is 10.4. The van der Waals surface area contributed by atoms with Gasteiger partial charge in [0.15, 0.2) is 0 Å². The summed E-state index contributed by atoms with van der Waals surface area (Å²) in [7, 11) is 0. The minimum atomic E-state index is -1.65. The van der Waals surface area contributed by atoms with Crippen LogP contribution in [0, 0.1) is 0 Å². The van der Waals surface area contributed by atoms with Gasteiger partial charge in [-0.15, -0.1) is 0 Å². The first-order valence-corrected chi connectivity index (χ1v) is 24.3. The maximum absolute atomic E-state index is 13.1. The first kappa shape index (κ1) is 62.7. The summed E-state index contributed by atoms with van der Waals surface area (Å²) in [4.78, 5) is 93.2. The van der Waals surface area contributed by atoms with Crippen LogP contribution in [0.3, 0.4) is 0 Å². The van der Waals surface area contributed by atoms with E-state index in [0.29, 0.717) is 19.3 Å². The summed E-state index contributed by atoms with van der Waals surface area (Å²) in [5, 5.41) is 30.9. The Kier molecular flexibility index (Phi) is 41.4. The fourth-order valence-corrected chi connectivity index (χ4v) is 6.57. The Labute approximate surface area is 396 Å². The van der Waals surface area contributed by atoms with Gasteiger partial charge in [-0.25, -0.2) is 4.79 Å². The van der Waals surface area contributed by atoms with E-state index in [1.165, 1.54) is 64.7 Å². The lowest BCUT2D eigenvalue weighted by atomic mass is 10.0. The van der Waals surface area contributed by atoms with Gasteiger partial charge in [-0.1, -0.05) is 89.9 Å². The fraction of sp³-hybridized carbons (Fsp3) is 0.826. The van der Waals surface area contributed by atoms with Crippen LogP contribution in [0.1, 0.15) is 155 Å². The molecule has 20 nitrogen and oxygen atoms in total. The van der Waals surface area contributed by atoms with Gasteiger partial charge in [-0.2, -0.15) is 4.39 Å². The molecular weight excluding hydrogens is 880 g/mol. The molecule has 0 rings (SSSR count). The molecule has 0 heterocycles. The highest BCUT2D eigenvalue weighted by atomic mass is 19.1. The molecule has 5 amide bonds. The Balaban J connectivity index is 3.68. The Morgan fingerprint density at radius 2 is 0.896 bits per heavy atom. The minimum absolute atomic E-state index is 0.0382. The van der Waals surface area contributed by atoms with Crippen LogP contribution < -0.4 is 32.3 Å². The molecule has 3 unspecified atom stereocenters. The van der Waals surface area contributed by atoms with E-state index in [9.17, 15) is 47.9 Å². The van der Waals surface area contributed by atoms with Gasteiger partial charge >= 0.3 is 18.0 Å². The molecule has 9 N–H and O–H groups in total. The van der Waals surface area contributed by atoms with Crippen LogP contribution in [0.4, 0.5) is 4.39 Å². The van der Waals surface area contributed by atoms with Crippen molar-refractivity contribution < 1.29 is 71.9 Å². The van der Waals surface area contributed by atoms with Crippen LogP contribution in [0.2, 0.25) is 0 Å². The molecule has 0 spiro atoms. The zero-order valence-electron chi connectivity index (χ0n) is 40.0. The normalized spacial score (nSPS) is 12.4. The second-order valence-corrected chi connectivity index (χ2v) is 16.6. The molecule has 0 saturated heterocycles. The average Bonchev–Trinajstić information content (AvgIpc) is 3.28. The van der Waals surface area contributed by atoms with Crippen molar-refractivity contribution in [3.63, 3.8) is 0 Å². The molecule has 0 aliphatic heterocycles. The van der Waals surface area contributed by atoms with Crippen molar-refractivity contribution in [1.29, 1.82) is 0 Å². The van der Waals surface area contributed by atoms with Crippen molar-refractivity contribution in [3.05, 3.63) is 0 Å². The molecule has 0 aromatic rings. The summed E-state index contributed by atoms with van der Waals surface area (Å²) in [5.41, 5.74) is 5.41. The number of ether oxygens (including phenoxy) is 4. The van der Waals surface area contributed by atoms with Crippen LogP contribution in [0.25, 0.3) is 0 Å². The smallest absolute Gasteiger partial charge is 0.326 e. The summed E-state index contributed by atoms with van der Waals surface area (Å²) in [6, 6.07) is -4.94. The number of rotatable bonds is 48. The molecule has 0 aromatic heterocycles. The largest absolute Gasteiger partial charge is 0.481 e. The number of unbranched alkanes of at least 4 members (excludes halogenated alkanes) is 16. The van der Waals surface area contributed by atoms with Gasteiger partial charge in [-0.3, -0.25) is 33.6 Å². The zero-order chi connectivity index (χ0) is 49.8. The van der Waals surface area contributed by atoms with Gasteiger partial charge in [0.25, 0.3) is 0 Å². The maximum atomic E-state index is 13.1. The molecular formula is C46H83FN6O14. The van der Waals surface area contributed by atoms with Crippen LogP contribution in [0.15, 0.2) is 0 Å². The third-order valence-electron chi connectivity index (χ3n) is 10.4. The number of carboxylic acids is 2. The van der Waals surface area contributed by atoms with Crippen LogP contribution in [0.5, 0.6) is 0 Å². The lowest BCUT2D eigenvalue weighted by Crippen LogP contribution is -2.46. The molecule has 0 aromatic carbocycles. The molecule has 0 aliphatic carbocycles. The lowest BCUT2D eigenvalue weighted by molar-refractivity contribution is -0.142. The van der Waals surface area contributed by atoms with Crippen molar-refractivity contribution in [2.75, 3.05) is 72.5 Å². The summed E-state index contributed by atoms with van der Waals surface area (Å²) in [6.07, 6.45) is 19.0. The van der Waals surface area contributed by atoms with Crippen molar-refractivity contribution in [1.82, 2.24) is 26.6 Å². The molecule has 21 heteroatoms. The molecule has 67 heavy (non-hydrogen) atoms. The number of carboxylic acid groups (broad SMARTS) is 2. The first-order valence-electron chi connectivity index (χ1n) is 24.3. The quantitative estimate of drug-likeness (QED) is 0.0320. The van der Waals surface area contributed by atoms with Gasteiger partial charge in [0.2, 0.25) is 29.5 Å². The van der Waals surface area contributed by atoms with Gasteiger partial charge in [0.1, 0.15) is 25.3 Å². The number of halogens is 1. The van der Waals surface area contributed by atoms with Crippen molar-refractivity contribution in [2.24, 2.45) is 5.73 Å². The van der Waals surface area contributed by atoms with E-state index in [0.717, 1.165) is 38.5 Å². The number of amides is 5. The number of carbonyl (C=O) groups is 8. The standard InChI is InChI=1S/C46H83FN6O14/c1-36(48)45(61)53-37(44(47)60)20-18-19-25-49-41(56)34-66-32-31-65-29-27-51-42(57)35-67-33-30-64-28-26-50-39(54)24-23-38(46(62)63)52-40(55)21-16-14-12-10-8-6-4-2-3-5-7-9-11-13-15-17-22-43(58)59/h36-38H,2-35,48H2,1H3,(H,49,56)(H,50,54)(H,51,57)(H,52,55)(H,53,61)(H,58,59)(H,62,63). The summed E-state index contributed by atoms with van der Waals surface area (Å²) < 4.78 is 34.4. The number of nitrogens with two attached hydrogens (primary N) is 1. The number of hydrogen-bond donors (Lipinski definition) is 8. The van der Waals surface area contributed by atoms with Crippen LogP contribution >= 0.6 is 0 Å². The Morgan fingerprint density at radius 3 is 1.34 bits per heavy atom. The second-order valence-electron chi connectivity index (χ2n) is 16.6. The molecule has 0 bridgehead atoms. The highest BCUT2D eigenvalue weighted by Gasteiger charge is 2.22. The number of aliphatic carboxylic acids is 2. The molecule has 0 radical (unpaired) electrons. The number of nitrogens with one attached hydrogen (secondary N) is 5. The predicted octanol–water partition coefficient (Wildman–Crippen LogP) is 3.36. The molecule has 3 atom stereocenters. The van der Waals surface area contributed by atoms with Gasteiger partial charge < -0.3 is 61.5 Å². The van der Waals surface area contributed by atoms with E-state index >= 15 is 0 Å². The zero-order valence-corrected chi connectivity index (χ0v) is 40.0. The summed E-state index contributed by atoms with van der Waals surface area (Å²) in [6.45, 7) is 2.78. The molecule has 0 fully saturated rings. The lowest BCUT2D eigenvalue weighted by Gasteiger charge is -2.15. The third kappa shape index (κ3) is 42.8. The minimum Gasteiger partial charge on any atom is -0.481 e. The topological polar surface area (TPSA) is 300 Å². The van der Waals surface area contributed by atoms with Crippen LogP contribution in [-0.2, 0) is 57.3 Å². The first-order chi connectivity index (χ1) is 32.2. The van der Waals surface area contributed by atoms with Crippen molar-refractivity contribution in [3.8, 4) is 0 Å². The maximum Gasteiger partial charge on any atom is 0.326 e. The Bertz CT molecular complexity index is 1380. The van der Waals surface area contributed by atoms with E-state index in [4.69, 9.17) is 29.8 Å². The fourth-order valence-electron chi connectivity index (χ4n) is 6.57. The monoisotopic (exact) mass is 963 g/mol. The van der Waals surface area contributed by atoms with Crippen molar-refractivity contribution in [2.45, 2.75) is 173 Å². The highest BCUT2D eigenvalue weighted by Crippen LogP contribution is 2.15. The van der Waals surface area contributed by atoms with Crippen molar-refractivity contribution >= 4 is 47.5 Å². The van der Waals surface area contributed by atoms with E-state index < -0.39 is 42.0 Å². The van der Waals surface area contributed by atoms with E-state index in [2.05, 4.69) is 26.6 Å². The Morgan fingerprint density at radius 1 is 0.463 bits per heavy atom.